The highest BCUT2D eigenvalue weighted by molar-refractivity contribution is 9.10. The Morgan fingerprint density at radius 2 is 1.88 bits per heavy atom. The Labute approximate surface area is 256 Å². The van der Waals surface area contributed by atoms with Crippen LogP contribution < -0.4 is 14.8 Å². The number of thioether (sulfide) groups is 1. The molecule has 3 aromatic rings. The maximum atomic E-state index is 13.1. The number of ether oxygens (including phenoxy) is 2. The summed E-state index contributed by atoms with van der Waals surface area (Å²) in [5, 5.41) is 2.66. The van der Waals surface area contributed by atoms with Gasteiger partial charge in [0.2, 0.25) is 5.91 Å². The number of amides is 3. The van der Waals surface area contributed by atoms with Crippen molar-refractivity contribution in [1.29, 1.82) is 0 Å². The first-order valence-corrected chi connectivity index (χ1v) is 14.8. The minimum absolute atomic E-state index is 0.206. The van der Waals surface area contributed by atoms with Crippen LogP contribution in [0, 0.1) is 6.92 Å². The van der Waals surface area contributed by atoms with Gasteiger partial charge in [0.15, 0.2) is 11.5 Å². The van der Waals surface area contributed by atoms with Gasteiger partial charge in [-0.3, -0.25) is 19.3 Å². The maximum Gasteiger partial charge on any atom is 0.294 e. The first-order chi connectivity index (χ1) is 19.7. The van der Waals surface area contributed by atoms with Crippen LogP contribution in [-0.4, -0.2) is 35.1 Å². The Bertz CT molecular complexity index is 1520. The molecule has 41 heavy (non-hydrogen) atoms. The third-order valence-corrected chi connectivity index (χ3v) is 7.73. The lowest BCUT2D eigenvalue weighted by molar-refractivity contribution is -0.127. The largest absolute Gasteiger partial charge is 0.490 e. The van der Waals surface area contributed by atoms with Gasteiger partial charge in [0.1, 0.15) is 13.2 Å². The van der Waals surface area contributed by atoms with E-state index in [1.807, 2.05) is 44.2 Å². The third kappa shape index (κ3) is 7.81. The van der Waals surface area contributed by atoms with Crippen LogP contribution in [0.1, 0.15) is 29.2 Å². The molecule has 212 valence electrons. The SMILES string of the molecule is C=CCc1cc(/C=C2\SC(=O)N(CC(=O)Nc3cc(Cl)ccc3C)C2=O)cc(OCC)c1OCc1ccc(Br)cc1. The first-order valence-electron chi connectivity index (χ1n) is 12.8. The van der Waals surface area contributed by atoms with Gasteiger partial charge in [-0.1, -0.05) is 51.8 Å². The third-order valence-electron chi connectivity index (χ3n) is 6.06. The van der Waals surface area contributed by atoms with E-state index in [9.17, 15) is 14.4 Å². The second-order valence-electron chi connectivity index (χ2n) is 9.12. The van der Waals surface area contributed by atoms with Crippen LogP contribution in [0.5, 0.6) is 11.5 Å². The number of nitrogens with zero attached hydrogens (tertiary/aromatic N) is 1. The molecule has 1 aliphatic rings. The Hall–Kier alpha value is -3.53. The molecule has 3 aromatic carbocycles. The van der Waals surface area contributed by atoms with E-state index in [-0.39, 0.29) is 4.91 Å². The topological polar surface area (TPSA) is 84.9 Å². The Morgan fingerprint density at radius 1 is 1.12 bits per heavy atom. The van der Waals surface area contributed by atoms with Gasteiger partial charge in [-0.2, -0.15) is 0 Å². The summed E-state index contributed by atoms with van der Waals surface area (Å²) < 4.78 is 13.1. The van der Waals surface area contributed by atoms with Gasteiger partial charge in [-0.05, 0) is 91.2 Å². The Morgan fingerprint density at radius 3 is 2.59 bits per heavy atom. The summed E-state index contributed by atoms with van der Waals surface area (Å²) in [5.74, 6) is 0.0634. The molecule has 0 unspecified atom stereocenters. The van der Waals surface area contributed by atoms with E-state index < -0.39 is 23.6 Å². The number of hydrogen-bond donors (Lipinski definition) is 1. The smallest absolute Gasteiger partial charge is 0.294 e. The molecule has 7 nitrogen and oxygen atoms in total. The molecule has 0 aromatic heterocycles. The molecule has 3 amide bonds. The highest BCUT2D eigenvalue weighted by Gasteiger charge is 2.36. The number of rotatable bonds is 11. The van der Waals surface area contributed by atoms with Crippen molar-refractivity contribution in [3.05, 3.63) is 104 Å². The Balaban J connectivity index is 1.55. The van der Waals surface area contributed by atoms with Crippen LogP contribution in [0.2, 0.25) is 5.02 Å². The monoisotopic (exact) mass is 654 g/mol. The second-order valence-corrected chi connectivity index (χ2v) is 11.5. The van der Waals surface area contributed by atoms with Crippen molar-refractivity contribution < 1.29 is 23.9 Å². The van der Waals surface area contributed by atoms with Crippen molar-refractivity contribution in [2.24, 2.45) is 0 Å². The van der Waals surface area contributed by atoms with Gasteiger partial charge in [-0.25, -0.2) is 0 Å². The van der Waals surface area contributed by atoms with Crippen LogP contribution in [0.3, 0.4) is 0 Å². The van der Waals surface area contributed by atoms with Crippen molar-refractivity contribution in [2.75, 3.05) is 18.5 Å². The van der Waals surface area contributed by atoms with E-state index in [2.05, 4.69) is 27.8 Å². The van der Waals surface area contributed by atoms with Crippen molar-refractivity contribution in [1.82, 2.24) is 4.90 Å². The minimum atomic E-state index is -0.545. The molecule has 1 fully saturated rings. The molecule has 0 saturated carbocycles. The minimum Gasteiger partial charge on any atom is -0.490 e. The fraction of sp³-hybridized carbons (Fsp3) is 0.194. The molecule has 1 saturated heterocycles. The molecule has 0 bridgehead atoms. The number of carbonyl (C=O) groups excluding carboxylic acids is 3. The summed E-state index contributed by atoms with van der Waals surface area (Å²) in [6, 6.07) is 16.6. The highest BCUT2D eigenvalue weighted by atomic mass is 79.9. The van der Waals surface area contributed by atoms with Crippen LogP contribution in [0.25, 0.3) is 6.08 Å². The number of aryl methyl sites for hydroxylation is 1. The summed E-state index contributed by atoms with van der Waals surface area (Å²) >= 11 is 10.3. The zero-order chi connectivity index (χ0) is 29.5. The number of hydrogen-bond acceptors (Lipinski definition) is 6. The summed E-state index contributed by atoms with van der Waals surface area (Å²) in [4.78, 5) is 39.6. The van der Waals surface area contributed by atoms with Gasteiger partial charge < -0.3 is 14.8 Å². The Kier molecular flexibility index (Phi) is 10.3. The highest BCUT2D eigenvalue weighted by Crippen LogP contribution is 2.38. The predicted molar refractivity (Wildman–Crippen MR) is 167 cm³/mol. The summed E-state index contributed by atoms with van der Waals surface area (Å²) in [5.41, 5.74) is 3.80. The fourth-order valence-corrected chi connectivity index (χ4v) is 5.36. The van der Waals surface area contributed by atoms with Crippen LogP contribution in [-0.2, 0) is 22.6 Å². The quantitative estimate of drug-likeness (QED) is 0.168. The molecule has 10 heteroatoms. The lowest BCUT2D eigenvalue weighted by Gasteiger charge is -2.17. The lowest BCUT2D eigenvalue weighted by atomic mass is 10.0. The summed E-state index contributed by atoms with van der Waals surface area (Å²) in [6.07, 6.45) is 3.88. The van der Waals surface area contributed by atoms with Crippen molar-refractivity contribution in [3.63, 3.8) is 0 Å². The van der Waals surface area contributed by atoms with Crippen molar-refractivity contribution in [3.8, 4) is 11.5 Å². The molecule has 1 heterocycles. The second kappa shape index (κ2) is 13.9. The number of allylic oxidation sites excluding steroid dienone is 1. The van der Waals surface area contributed by atoms with Crippen molar-refractivity contribution in [2.45, 2.75) is 26.9 Å². The fourth-order valence-electron chi connectivity index (χ4n) is 4.09. The van der Waals surface area contributed by atoms with E-state index in [0.717, 1.165) is 37.8 Å². The molecular weight excluding hydrogens is 628 g/mol. The molecule has 0 radical (unpaired) electrons. The van der Waals surface area contributed by atoms with Crippen LogP contribution >= 0.6 is 39.3 Å². The zero-order valence-corrected chi connectivity index (χ0v) is 25.7. The van der Waals surface area contributed by atoms with E-state index in [1.54, 1.807) is 36.4 Å². The van der Waals surface area contributed by atoms with E-state index in [1.165, 1.54) is 0 Å². The summed E-state index contributed by atoms with van der Waals surface area (Å²) in [6.45, 7) is 7.89. The molecule has 0 atom stereocenters. The molecule has 1 aliphatic heterocycles. The number of benzene rings is 3. The number of imide groups is 1. The normalized spacial score (nSPS) is 14.0. The van der Waals surface area contributed by atoms with Gasteiger partial charge in [0.05, 0.1) is 11.5 Å². The van der Waals surface area contributed by atoms with Gasteiger partial charge in [-0.15, -0.1) is 6.58 Å². The van der Waals surface area contributed by atoms with E-state index >= 15 is 0 Å². The van der Waals surface area contributed by atoms with Crippen molar-refractivity contribution >= 4 is 68.1 Å². The van der Waals surface area contributed by atoms with Gasteiger partial charge in [0, 0.05) is 20.7 Å². The maximum absolute atomic E-state index is 13.1. The summed E-state index contributed by atoms with van der Waals surface area (Å²) in [7, 11) is 0. The number of anilines is 1. The zero-order valence-electron chi connectivity index (χ0n) is 22.5. The molecule has 4 rings (SSSR count). The van der Waals surface area contributed by atoms with Crippen LogP contribution in [0.15, 0.2) is 76.6 Å². The standard InChI is InChI=1S/C31H28BrClN2O5S/c1-4-6-22-13-21(14-26(39-5-2)29(22)40-18-20-8-10-23(32)11-9-20)15-27-30(37)35(31(38)41-27)17-28(36)34-25-16-24(33)12-7-19(25)3/h4,7-16H,1,5-6,17-18H2,2-3H3,(H,34,36)/b27-15-. The molecule has 1 N–H and O–H groups in total. The van der Waals surface area contributed by atoms with E-state index in [0.29, 0.717) is 47.4 Å². The van der Waals surface area contributed by atoms with Gasteiger partial charge >= 0.3 is 0 Å². The molecule has 0 aliphatic carbocycles. The predicted octanol–water partition coefficient (Wildman–Crippen LogP) is 7.79. The number of carbonyl (C=O) groups is 3. The van der Waals surface area contributed by atoms with E-state index in [4.69, 9.17) is 21.1 Å². The lowest BCUT2D eigenvalue weighted by Crippen LogP contribution is -2.36. The molecule has 0 spiro atoms. The number of nitrogens with one attached hydrogen (secondary N) is 1. The molecular formula is C31H28BrClN2O5S. The first kappa shape index (κ1) is 30.4. The van der Waals surface area contributed by atoms with Crippen LogP contribution in [0.4, 0.5) is 10.5 Å². The average Bonchev–Trinajstić information content (AvgIpc) is 3.18. The van der Waals surface area contributed by atoms with Gasteiger partial charge in [0.25, 0.3) is 11.1 Å². The average molecular weight is 656 g/mol. The number of halogens is 2.